The van der Waals surface area contributed by atoms with E-state index in [0.29, 0.717) is 11.3 Å². The highest BCUT2D eigenvalue weighted by molar-refractivity contribution is 5.99. The molecule has 1 aliphatic heterocycles. The minimum Gasteiger partial charge on any atom is -0.477 e. The van der Waals surface area contributed by atoms with E-state index in [-0.39, 0.29) is 23.7 Å². The molecule has 0 fully saturated rings. The summed E-state index contributed by atoms with van der Waals surface area (Å²) in [7, 11) is 0. The van der Waals surface area contributed by atoms with Gasteiger partial charge in [0.05, 0.1) is 6.04 Å². The van der Waals surface area contributed by atoms with Gasteiger partial charge in [-0.3, -0.25) is 4.79 Å². The van der Waals surface area contributed by atoms with Crippen LogP contribution in [0, 0.1) is 0 Å². The molecule has 2 unspecified atom stereocenters. The maximum atomic E-state index is 12.0. The Morgan fingerprint density at radius 1 is 1.42 bits per heavy atom. The fraction of sp³-hybridized carbons (Fsp3) is 0.308. The van der Waals surface area contributed by atoms with E-state index in [2.05, 4.69) is 10.3 Å². The highest BCUT2D eigenvalue weighted by Crippen LogP contribution is 2.28. The maximum Gasteiger partial charge on any atom is 0.354 e. The minimum atomic E-state index is -1.07. The molecule has 2 atom stereocenters. The molecular weight excluding hydrogens is 246 g/mol. The standard InChI is InChI=1S/C13H13N3O3/c1-6-7(2)16-10(12(17)14-6)5-8-3-4-9(13(18)19)15-11(8)16/h3-7H,1-2H3,(H,14,17)(H,18,19). The van der Waals surface area contributed by atoms with Crippen LogP contribution in [0.25, 0.3) is 11.0 Å². The Bertz CT molecular complexity index is 704. The van der Waals surface area contributed by atoms with Gasteiger partial charge in [-0.05, 0) is 32.0 Å². The van der Waals surface area contributed by atoms with E-state index < -0.39 is 5.97 Å². The summed E-state index contributed by atoms with van der Waals surface area (Å²) in [6.45, 7) is 3.89. The number of nitrogens with zero attached hydrogens (tertiary/aromatic N) is 2. The second kappa shape index (κ2) is 3.81. The van der Waals surface area contributed by atoms with E-state index >= 15 is 0 Å². The van der Waals surface area contributed by atoms with Crippen LogP contribution in [0.1, 0.15) is 40.9 Å². The molecule has 0 bridgehead atoms. The zero-order valence-corrected chi connectivity index (χ0v) is 10.5. The lowest BCUT2D eigenvalue weighted by molar-refractivity contribution is 0.0690. The van der Waals surface area contributed by atoms with Gasteiger partial charge in [-0.1, -0.05) is 0 Å². The van der Waals surface area contributed by atoms with Crippen LogP contribution in [0.3, 0.4) is 0 Å². The number of aromatic carboxylic acids is 1. The van der Waals surface area contributed by atoms with Crippen molar-refractivity contribution in [2.75, 3.05) is 0 Å². The molecule has 0 saturated heterocycles. The lowest BCUT2D eigenvalue weighted by Crippen LogP contribution is -2.44. The predicted molar refractivity (Wildman–Crippen MR) is 68.3 cm³/mol. The van der Waals surface area contributed by atoms with Gasteiger partial charge in [-0.15, -0.1) is 0 Å². The number of amides is 1. The van der Waals surface area contributed by atoms with Crippen molar-refractivity contribution in [1.82, 2.24) is 14.9 Å². The summed E-state index contributed by atoms with van der Waals surface area (Å²) >= 11 is 0. The normalized spacial score (nSPS) is 22.1. The van der Waals surface area contributed by atoms with Gasteiger partial charge < -0.3 is 15.0 Å². The summed E-state index contributed by atoms with van der Waals surface area (Å²) in [5.41, 5.74) is 1.05. The minimum absolute atomic E-state index is 0.0146. The highest BCUT2D eigenvalue weighted by Gasteiger charge is 2.30. The van der Waals surface area contributed by atoms with Crippen LogP contribution in [0.15, 0.2) is 18.2 Å². The van der Waals surface area contributed by atoms with Gasteiger partial charge >= 0.3 is 5.97 Å². The molecule has 19 heavy (non-hydrogen) atoms. The summed E-state index contributed by atoms with van der Waals surface area (Å²) < 4.78 is 1.81. The zero-order chi connectivity index (χ0) is 13.7. The second-order valence-corrected chi connectivity index (χ2v) is 4.82. The molecule has 0 aromatic carbocycles. The third kappa shape index (κ3) is 1.60. The predicted octanol–water partition coefficient (Wildman–Crippen LogP) is 1.43. The fourth-order valence-electron chi connectivity index (χ4n) is 2.43. The number of carboxylic acid groups (broad SMARTS) is 1. The van der Waals surface area contributed by atoms with Gasteiger partial charge in [-0.2, -0.15) is 0 Å². The van der Waals surface area contributed by atoms with E-state index in [9.17, 15) is 9.59 Å². The Labute approximate surface area is 109 Å². The summed E-state index contributed by atoms with van der Waals surface area (Å²) in [6.07, 6.45) is 0. The molecule has 1 amide bonds. The molecular formula is C13H13N3O3. The number of carbonyl (C=O) groups excluding carboxylic acids is 1. The molecule has 3 rings (SSSR count). The van der Waals surface area contributed by atoms with Crippen molar-refractivity contribution in [3.05, 3.63) is 29.6 Å². The zero-order valence-electron chi connectivity index (χ0n) is 10.5. The molecule has 2 aromatic heterocycles. The number of carboxylic acids is 1. The molecule has 1 aliphatic rings. The van der Waals surface area contributed by atoms with Crippen molar-refractivity contribution in [1.29, 1.82) is 0 Å². The summed E-state index contributed by atoms with van der Waals surface area (Å²) in [5, 5.41) is 12.7. The molecule has 0 spiro atoms. The Hall–Kier alpha value is -2.37. The maximum absolute atomic E-state index is 12.0. The summed E-state index contributed by atoms with van der Waals surface area (Å²) in [5.74, 6) is -1.22. The van der Waals surface area contributed by atoms with Crippen LogP contribution in [0.5, 0.6) is 0 Å². The third-order valence-corrected chi connectivity index (χ3v) is 3.63. The molecule has 2 aromatic rings. The number of pyridine rings is 1. The lowest BCUT2D eigenvalue weighted by atomic mass is 10.1. The van der Waals surface area contributed by atoms with Crippen LogP contribution in [-0.2, 0) is 0 Å². The van der Waals surface area contributed by atoms with E-state index in [1.165, 1.54) is 6.07 Å². The van der Waals surface area contributed by atoms with Gasteiger partial charge in [0.25, 0.3) is 5.91 Å². The van der Waals surface area contributed by atoms with Gasteiger partial charge in [-0.25, -0.2) is 9.78 Å². The van der Waals surface area contributed by atoms with Crippen LogP contribution in [0.2, 0.25) is 0 Å². The van der Waals surface area contributed by atoms with Gasteiger partial charge in [0.2, 0.25) is 0 Å². The van der Waals surface area contributed by atoms with Crippen molar-refractivity contribution in [3.63, 3.8) is 0 Å². The Morgan fingerprint density at radius 3 is 2.84 bits per heavy atom. The van der Waals surface area contributed by atoms with Gasteiger partial charge in [0.15, 0.2) is 5.69 Å². The second-order valence-electron chi connectivity index (χ2n) is 4.82. The number of hydrogen-bond acceptors (Lipinski definition) is 3. The first-order valence-electron chi connectivity index (χ1n) is 6.05. The van der Waals surface area contributed by atoms with E-state index in [0.717, 1.165) is 5.39 Å². The Kier molecular flexibility index (Phi) is 2.35. The van der Waals surface area contributed by atoms with Crippen molar-refractivity contribution >= 4 is 22.9 Å². The fourth-order valence-corrected chi connectivity index (χ4v) is 2.43. The number of aromatic nitrogens is 2. The Morgan fingerprint density at radius 2 is 2.16 bits per heavy atom. The number of fused-ring (bicyclic) bond motifs is 3. The van der Waals surface area contributed by atoms with Crippen molar-refractivity contribution in [2.45, 2.75) is 25.9 Å². The summed E-state index contributed by atoms with van der Waals surface area (Å²) in [4.78, 5) is 27.1. The smallest absolute Gasteiger partial charge is 0.354 e. The van der Waals surface area contributed by atoms with Crippen molar-refractivity contribution < 1.29 is 14.7 Å². The monoisotopic (exact) mass is 259 g/mol. The van der Waals surface area contributed by atoms with E-state index in [4.69, 9.17) is 5.11 Å². The average Bonchev–Trinajstić information content (AvgIpc) is 2.75. The van der Waals surface area contributed by atoms with Crippen molar-refractivity contribution in [2.24, 2.45) is 0 Å². The average molecular weight is 259 g/mol. The number of carbonyl (C=O) groups is 2. The molecule has 0 saturated carbocycles. The lowest BCUT2D eigenvalue weighted by Gasteiger charge is -2.29. The van der Waals surface area contributed by atoms with Crippen LogP contribution in [0.4, 0.5) is 0 Å². The first-order valence-corrected chi connectivity index (χ1v) is 6.05. The topological polar surface area (TPSA) is 84.2 Å². The largest absolute Gasteiger partial charge is 0.477 e. The van der Waals surface area contributed by atoms with Crippen molar-refractivity contribution in [3.8, 4) is 0 Å². The van der Waals surface area contributed by atoms with E-state index in [1.807, 2.05) is 18.4 Å². The van der Waals surface area contributed by atoms with Crippen LogP contribution < -0.4 is 5.32 Å². The van der Waals surface area contributed by atoms with Crippen LogP contribution in [-0.4, -0.2) is 32.6 Å². The SMILES string of the molecule is CC1NC(=O)c2cc3ccc(C(=O)O)nc3n2C1C. The van der Waals surface area contributed by atoms with Gasteiger partial charge in [0, 0.05) is 11.4 Å². The molecule has 2 N–H and O–H groups in total. The molecule has 98 valence electrons. The molecule has 6 heteroatoms. The first kappa shape index (κ1) is 11.7. The molecule has 0 radical (unpaired) electrons. The molecule has 0 aliphatic carbocycles. The third-order valence-electron chi connectivity index (χ3n) is 3.63. The summed E-state index contributed by atoms with van der Waals surface area (Å²) in [6, 6.07) is 4.88. The van der Waals surface area contributed by atoms with Gasteiger partial charge in [0.1, 0.15) is 11.3 Å². The number of hydrogen-bond donors (Lipinski definition) is 2. The first-order chi connectivity index (χ1) is 8.99. The number of nitrogens with one attached hydrogen (secondary N) is 1. The molecule has 6 nitrogen and oxygen atoms in total. The Balaban J connectivity index is 2.31. The quantitative estimate of drug-likeness (QED) is 0.811. The highest BCUT2D eigenvalue weighted by atomic mass is 16.4. The van der Waals surface area contributed by atoms with E-state index in [1.54, 1.807) is 12.1 Å². The molecule has 3 heterocycles. The number of rotatable bonds is 1. The van der Waals surface area contributed by atoms with Crippen LogP contribution >= 0.6 is 0 Å².